The normalized spacial score (nSPS) is 11.1. The first kappa shape index (κ1) is 25.2. The van der Waals surface area contributed by atoms with E-state index in [0.717, 1.165) is 23.4 Å². The van der Waals surface area contributed by atoms with Crippen molar-refractivity contribution in [2.75, 3.05) is 32.4 Å². The van der Waals surface area contributed by atoms with Crippen molar-refractivity contribution in [3.8, 4) is 28.5 Å². The number of halogens is 3. The monoisotopic (exact) mass is 493 g/mol. The number of aromatic nitrogens is 2. The highest BCUT2D eigenvalue weighted by atomic mass is 32.2. The molecule has 34 heavy (non-hydrogen) atoms. The van der Waals surface area contributed by atoms with Gasteiger partial charge >= 0.3 is 6.18 Å². The standard InChI is InChI=1S/C23H22F3N3O4S/c1-13-9-15(31-2)6-7-16(13)27-21(30)12-34-22-28-17(11-20(29-22)23(24,25)26)14-5-8-18(32-3)19(10-14)33-4/h5-11H,12H2,1-4H3,(H,27,30). The zero-order chi connectivity index (χ0) is 24.9. The highest BCUT2D eigenvalue weighted by Crippen LogP contribution is 2.35. The van der Waals surface area contributed by atoms with E-state index >= 15 is 0 Å². The molecule has 0 saturated heterocycles. The Morgan fingerprint density at radius 2 is 1.71 bits per heavy atom. The summed E-state index contributed by atoms with van der Waals surface area (Å²) < 4.78 is 56.0. The zero-order valence-corrected chi connectivity index (χ0v) is 19.6. The molecule has 0 radical (unpaired) electrons. The molecule has 1 amide bonds. The third kappa shape index (κ3) is 6.10. The number of methoxy groups -OCH3 is 3. The van der Waals surface area contributed by atoms with Gasteiger partial charge in [0.15, 0.2) is 16.7 Å². The van der Waals surface area contributed by atoms with Crippen molar-refractivity contribution < 1.29 is 32.2 Å². The van der Waals surface area contributed by atoms with E-state index in [1.54, 1.807) is 37.3 Å². The van der Waals surface area contributed by atoms with E-state index < -0.39 is 17.8 Å². The number of carbonyl (C=O) groups excluding carboxylic acids is 1. The number of amides is 1. The summed E-state index contributed by atoms with van der Waals surface area (Å²) in [6.07, 6.45) is -4.69. The number of rotatable bonds is 8. The molecule has 0 bridgehead atoms. The summed E-state index contributed by atoms with van der Waals surface area (Å²) in [5.74, 6) is 0.821. The number of aryl methyl sites for hydroxylation is 1. The predicted molar refractivity (Wildman–Crippen MR) is 123 cm³/mol. The Labute approximate surface area is 198 Å². The van der Waals surface area contributed by atoms with E-state index in [4.69, 9.17) is 14.2 Å². The molecule has 1 aromatic heterocycles. The van der Waals surface area contributed by atoms with Crippen LogP contribution in [-0.4, -0.2) is 43.0 Å². The Morgan fingerprint density at radius 3 is 2.32 bits per heavy atom. The maximum absolute atomic E-state index is 13.5. The van der Waals surface area contributed by atoms with Gasteiger partial charge in [0.2, 0.25) is 5.91 Å². The lowest BCUT2D eigenvalue weighted by Gasteiger charge is -2.13. The maximum Gasteiger partial charge on any atom is 0.433 e. The molecule has 3 aromatic rings. The largest absolute Gasteiger partial charge is 0.497 e. The number of hydrogen-bond acceptors (Lipinski definition) is 7. The third-order valence-corrected chi connectivity index (χ3v) is 5.56. The number of carbonyl (C=O) groups is 1. The summed E-state index contributed by atoms with van der Waals surface area (Å²) in [5.41, 5.74) is 0.662. The molecule has 0 spiro atoms. The van der Waals surface area contributed by atoms with Gasteiger partial charge in [0, 0.05) is 11.3 Å². The van der Waals surface area contributed by atoms with Gasteiger partial charge in [-0.1, -0.05) is 11.8 Å². The summed E-state index contributed by atoms with van der Waals surface area (Å²) in [6.45, 7) is 1.80. The molecule has 11 heteroatoms. The van der Waals surface area contributed by atoms with E-state index in [1.807, 2.05) is 0 Å². The lowest BCUT2D eigenvalue weighted by Crippen LogP contribution is -2.16. The lowest BCUT2D eigenvalue weighted by molar-refractivity contribution is -0.141. The minimum Gasteiger partial charge on any atom is -0.497 e. The molecular weight excluding hydrogens is 471 g/mol. The van der Waals surface area contributed by atoms with Gasteiger partial charge in [-0.05, 0) is 55.0 Å². The van der Waals surface area contributed by atoms with E-state index in [-0.39, 0.29) is 16.6 Å². The zero-order valence-electron chi connectivity index (χ0n) is 18.8. The van der Waals surface area contributed by atoms with Crippen LogP contribution < -0.4 is 19.5 Å². The SMILES string of the molecule is COc1ccc(NC(=O)CSc2nc(-c3ccc(OC)c(OC)c3)cc(C(F)(F)F)n2)c(C)c1. The van der Waals surface area contributed by atoms with Gasteiger partial charge in [-0.25, -0.2) is 9.97 Å². The smallest absolute Gasteiger partial charge is 0.433 e. The van der Waals surface area contributed by atoms with E-state index in [2.05, 4.69) is 15.3 Å². The van der Waals surface area contributed by atoms with Crippen LogP contribution >= 0.6 is 11.8 Å². The summed E-state index contributed by atoms with van der Waals surface area (Å²) in [7, 11) is 4.42. The van der Waals surface area contributed by atoms with Crippen LogP contribution in [0, 0.1) is 6.92 Å². The number of hydrogen-bond donors (Lipinski definition) is 1. The summed E-state index contributed by atoms with van der Waals surface area (Å²) in [5, 5.41) is 2.55. The lowest BCUT2D eigenvalue weighted by atomic mass is 10.1. The Kier molecular flexibility index (Phi) is 7.87. The molecule has 2 aromatic carbocycles. The van der Waals surface area contributed by atoms with Crippen molar-refractivity contribution in [3.63, 3.8) is 0 Å². The average Bonchev–Trinajstić information content (AvgIpc) is 2.82. The fourth-order valence-electron chi connectivity index (χ4n) is 3.00. The molecule has 1 N–H and O–H groups in total. The van der Waals surface area contributed by atoms with Crippen LogP contribution in [0.4, 0.5) is 18.9 Å². The molecule has 0 aliphatic carbocycles. The second-order valence-electron chi connectivity index (χ2n) is 7.01. The second-order valence-corrected chi connectivity index (χ2v) is 7.95. The Balaban J connectivity index is 1.83. The number of anilines is 1. The van der Waals surface area contributed by atoms with E-state index in [9.17, 15) is 18.0 Å². The molecule has 3 rings (SSSR count). The average molecular weight is 494 g/mol. The first-order valence-corrected chi connectivity index (χ1v) is 10.9. The molecule has 0 aliphatic heterocycles. The number of alkyl halides is 3. The van der Waals surface area contributed by atoms with E-state index in [1.165, 1.54) is 27.4 Å². The van der Waals surface area contributed by atoms with Crippen LogP contribution in [0.25, 0.3) is 11.3 Å². The minimum atomic E-state index is -4.69. The Bertz CT molecular complexity index is 1190. The fourth-order valence-corrected chi connectivity index (χ4v) is 3.66. The number of nitrogens with one attached hydrogen (secondary N) is 1. The minimum absolute atomic E-state index is 0.0391. The van der Waals surface area contributed by atoms with Crippen molar-refractivity contribution in [1.82, 2.24) is 9.97 Å². The van der Waals surface area contributed by atoms with Gasteiger partial charge in [-0.3, -0.25) is 4.79 Å². The Morgan fingerprint density at radius 1 is 0.971 bits per heavy atom. The molecule has 0 atom stereocenters. The maximum atomic E-state index is 13.5. The number of thioether (sulfide) groups is 1. The topological polar surface area (TPSA) is 82.6 Å². The van der Waals surface area contributed by atoms with Crippen LogP contribution in [0.5, 0.6) is 17.2 Å². The third-order valence-electron chi connectivity index (χ3n) is 4.72. The predicted octanol–water partition coefficient (Wildman–Crippen LogP) is 5.23. The second kappa shape index (κ2) is 10.6. The molecule has 0 saturated carbocycles. The molecule has 7 nitrogen and oxygen atoms in total. The Hall–Kier alpha value is -3.47. The molecule has 180 valence electrons. The van der Waals surface area contributed by atoms with Crippen molar-refractivity contribution in [2.45, 2.75) is 18.3 Å². The van der Waals surface area contributed by atoms with Gasteiger partial charge < -0.3 is 19.5 Å². The molecule has 1 heterocycles. The van der Waals surface area contributed by atoms with Crippen LogP contribution in [-0.2, 0) is 11.0 Å². The van der Waals surface area contributed by atoms with E-state index in [0.29, 0.717) is 28.5 Å². The van der Waals surface area contributed by atoms with Crippen LogP contribution in [0.3, 0.4) is 0 Å². The fraction of sp³-hybridized carbons (Fsp3) is 0.261. The number of ether oxygens (including phenoxy) is 3. The first-order valence-electron chi connectivity index (χ1n) is 9.90. The van der Waals surface area contributed by atoms with Gasteiger partial charge in [0.1, 0.15) is 11.4 Å². The highest BCUT2D eigenvalue weighted by molar-refractivity contribution is 7.99. The summed E-state index contributed by atoms with van der Waals surface area (Å²) in [4.78, 5) is 20.2. The number of nitrogens with zero attached hydrogens (tertiary/aromatic N) is 2. The highest BCUT2D eigenvalue weighted by Gasteiger charge is 2.34. The number of benzene rings is 2. The van der Waals surface area contributed by atoms with Crippen LogP contribution in [0.15, 0.2) is 47.6 Å². The van der Waals surface area contributed by atoms with Gasteiger partial charge in [-0.15, -0.1) is 0 Å². The van der Waals surface area contributed by atoms with Crippen LogP contribution in [0.1, 0.15) is 11.3 Å². The molecule has 0 unspecified atom stereocenters. The molecule has 0 fully saturated rings. The van der Waals surface area contributed by atoms with Crippen molar-refractivity contribution in [1.29, 1.82) is 0 Å². The van der Waals surface area contributed by atoms with Crippen LogP contribution in [0.2, 0.25) is 0 Å². The van der Waals surface area contributed by atoms with Gasteiger partial charge in [0.25, 0.3) is 0 Å². The quantitative estimate of drug-likeness (QED) is 0.340. The van der Waals surface area contributed by atoms with Crippen molar-refractivity contribution in [2.24, 2.45) is 0 Å². The van der Waals surface area contributed by atoms with Crippen molar-refractivity contribution in [3.05, 3.63) is 53.7 Å². The first-order chi connectivity index (χ1) is 16.1. The molecular formula is C23H22F3N3O4S. The van der Waals surface area contributed by atoms with Gasteiger partial charge in [-0.2, -0.15) is 13.2 Å². The van der Waals surface area contributed by atoms with Gasteiger partial charge in [0.05, 0.1) is 32.8 Å². The summed E-state index contributed by atoms with van der Waals surface area (Å²) >= 11 is 0.803. The van der Waals surface area contributed by atoms with Crippen molar-refractivity contribution >= 4 is 23.4 Å². The molecule has 0 aliphatic rings. The summed E-state index contributed by atoms with van der Waals surface area (Å²) in [6, 6.07) is 10.7.